The Labute approximate surface area is 143 Å². The predicted octanol–water partition coefficient (Wildman–Crippen LogP) is 1.95. The zero-order valence-electron chi connectivity index (χ0n) is 14.5. The van der Waals surface area contributed by atoms with Crippen molar-refractivity contribution in [3.8, 4) is 0 Å². The van der Waals surface area contributed by atoms with Gasteiger partial charge in [-0.2, -0.15) is 5.10 Å². The van der Waals surface area contributed by atoms with Gasteiger partial charge in [-0.05, 0) is 44.7 Å². The topological polar surface area (TPSA) is 59.0 Å². The Kier molecular flexibility index (Phi) is 5.30. The molecule has 0 fully saturated rings. The first kappa shape index (κ1) is 16.7. The van der Waals surface area contributed by atoms with Gasteiger partial charge in [0.2, 0.25) is 0 Å². The van der Waals surface area contributed by atoms with E-state index < -0.39 is 0 Å². The molecule has 24 heavy (non-hydrogen) atoms. The Bertz CT molecular complexity index is 693. The number of aryl methyl sites for hydroxylation is 1. The molecule has 1 aliphatic rings. The van der Waals surface area contributed by atoms with Gasteiger partial charge in [-0.3, -0.25) is 9.48 Å². The molecule has 0 saturated carbocycles. The molecule has 5 heteroatoms. The number of carbonyl (C=O) groups excluding carboxylic acids is 1. The van der Waals surface area contributed by atoms with Crippen molar-refractivity contribution >= 4 is 5.91 Å². The van der Waals surface area contributed by atoms with Crippen molar-refractivity contribution < 1.29 is 4.79 Å². The fraction of sp³-hybridized carbons (Fsp3) is 0.474. The van der Waals surface area contributed by atoms with E-state index in [1.54, 1.807) is 7.05 Å². The second kappa shape index (κ2) is 7.62. The highest BCUT2D eigenvalue weighted by Crippen LogP contribution is 2.25. The number of nitrogens with zero attached hydrogens (tertiary/aromatic N) is 2. The lowest BCUT2D eigenvalue weighted by Crippen LogP contribution is -2.36. The summed E-state index contributed by atoms with van der Waals surface area (Å²) in [5.41, 5.74) is 4.31. The van der Waals surface area contributed by atoms with Crippen molar-refractivity contribution in [3.63, 3.8) is 0 Å². The van der Waals surface area contributed by atoms with E-state index in [-0.39, 0.29) is 5.91 Å². The van der Waals surface area contributed by atoms with Crippen molar-refractivity contribution in [1.29, 1.82) is 0 Å². The van der Waals surface area contributed by atoms with Gasteiger partial charge in [0.1, 0.15) is 0 Å². The second-order valence-electron chi connectivity index (χ2n) is 6.30. The molecule has 3 rings (SSSR count). The quantitative estimate of drug-likeness (QED) is 0.853. The molecule has 1 aliphatic carbocycles. The highest BCUT2D eigenvalue weighted by molar-refractivity contribution is 5.93. The summed E-state index contributed by atoms with van der Waals surface area (Å²) in [7, 11) is 1.66. The molecule has 128 valence electrons. The molecule has 2 N–H and O–H groups in total. The van der Waals surface area contributed by atoms with Crippen molar-refractivity contribution in [1.82, 2.24) is 20.4 Å². The maximum Gasteiger partial charge on any atom is 0.271 e. The smallest absolute Gasteiger partial charge is 0.271 e. The van der Waals surface area contributed by atoms with Crippen LogP contribution in [0.5, 0.6) is 0 Å². The molecule has 0 bridgehead atoms. The summed E-state index contributed by atoms with van der Waals surface area (Å²) in [5.74, 6) is -0.0802. The molecule has 0 spiro atoms. The molecule has 1 heterocycles. The fourth-order valence-electron chi connectivity index (χ4n) is 3.49. The van der Waals surface area contributed by atoms with Crippen molar-refractivity contribution in [2.24, 2.45) is 0 Å². The number of aromatic nitrogens is 2. The molecule has 1 aromatic carbocycles. The van der Waals surface area contributed by atoms with Crippen LogP contribution in [-0.4, -0.2) is 35.3 Å². The Hall–Kier alpha value is -2.14. The van der Waals surface area contributed by atoms with Crippen LogP contribution in [0.2, 0.25) is 0 Å². The SMILES string of the molecule is CCn1nc(C(=O)NC)c2c1CCC(NCCc1ccccc1)C2. The Morgan fingerprint density at radius 1 is 1.33 bits per heavy atom. The van der Waals surface area contributed by atoms with E-state index in [1.165, 1.54) is 11.3 Å². The molecule has 5 nitrogen and oxygen atoms in total. The summed E-state index contributed by atoms with van der Waals surface area (Å²) in [6.07, 6.45) is 3.99. The zero-order chi connectivity index (χ0) is 16.9. The third-order valence-corrected chi connectivity index (χ3v) is 4.78. The zero-order valence-corrected chi connectivity index (χ0v) is 14.5. The van der Waals surface area contributed by atoms with E-state index >= 15 is 0 Å². The predicted molar refractivity (Wildman–Crippen MR) is 95.3 cm³/mol. The van der Waals surface area contributed by atoms with Gasteiger partial charge in [0, 0.05) is 30.9 Å². The molecule has 1 amide bonds. The van der Waals surface area contributed by atoms with E-state index in [0.29, 0.717) is 11.7 Å². The van der Waals surface area contributed by atoms with Gasteiger partial charge in [0.05, 0.1) is 0 Å². The first-order chi connectivity index (χ1) is 11.7. The average molecular weight is 326 g/mol. The molecular weight excluding hydrogens is 300 g/mol. The minimum absolute atomic E-state index is 0.0802. The summed E-state index contributed by atoms with van der Waals surface area (Å²) in [6.45, 7) is 3.85. The number of fused-ring (bicyclic) bond motifs is 1. The standard InChI is InChI=1S/C19H26N4O/c1-3-23-17-10-9-15(13-16(17)18(22-23)19(24)20-2)21-12-11-14-7-5-4-6-8-14/h4-8,15,21H,3,9-13H2,1-2H3,(H,20,24). The van der Waals surface area contributed by atoms with E-state index in [1.807, 2.05) is 10.7 Å². The first-order valence-corrected chi connectivity index (χ1v) is 8.80. The number of rotatable bonds is 6. The van der Waals surface area contributed by atoms with E-state index in [0.717, 1.165) is 44.3 Å². The molecule has 1 unspecified atom stereocenters. The van der Waals surface area contributed by atoms with Crippen LogP contribution in [0, 0.1) is 0 Å². The van der Waals surface area contributed by atoms with Crippen LogP contribution < -0.4 is 10.6 Å². The van der Waals surface area contributed by atoms with Gasteiger partial charge < -0.3 is 10.6 Å². The molecule has 1 atom stereocenters. The lowest BCUT2D eigenvalue weighted by atomic mass is 9.91. The number of hydrogen-bond acceptors (Lipinski definition) is 3. The van der Waals surface area contributed by atoms with Gasteiger partial charge in [-0.15, -0.1) is 0 Å². The summed E-state index contributed by atoms with van der Waals surface area (Å²) in [5, 5.41) is 10.9. The largest absolute Gasteiger partial charge is 0.354 e. The van der Waals surface area contributed by atoms with Crippen LogP contribution in [-0.2, 0) is 25.8 Å². The van der Waals surface area contributed by atoms with Crippen molar-refractivity contribution in [2.75, 3.05) is 13.6 Å². The van der Waals surface area contributed by atoms with Crippen LogP contribution >= 0.6 is 0 Å². The van der Waals surface area contributed by atoms with Crippen LogP contribution in [0.4, 0.5) is 0 Å². The molecule has 1 aromatic heterocycles. The van der Waals surface area contributed by atoms with Gasteiger partial charge in [0.15, 0.2) is 5.69 Å². The second-order valence-corrected chi connectivity index (χ2v) is 6.30. The number of benzene rings is 1. The van der Waals surface area contributed by atoms with Gasteiger partial charge in [-0.25, -0.2) is 0 Å². The minimum atomic E-state index is -0.0802. The van der Waals surface area contributed by atoms with Crippen LogP contribution in [0.3, 0.4) is 0 Å². The molecular formula is C19H26N4O. The van der Waals surface area contributed by atoms with Crippen LogP contribution in [0.1, 0.15) is 40.7 Å². The maximum absolute atomic E-state index is 12.1. The monoisotopic (exact) mass is 326 g/mol. The van der Waals surface area contributed by atoms with E-state index in [4.69, 9.17) is 0 Å². The van der Waals surface area contributed by atoms with E-state index in [2.05, 4.69) is 46.9 Å². The van der Waals surface area contributed by atoms with E-state index in [9.17, 15) is 4.79 Å². The van der Waals surface area contributed by atoms with Gasteiger partial charge in [0.25, 0.3) is 5.91 Å². The lowest BCUT2D eigenvalue weighted by Gasteiger charge is -2.24. The maximum atomic E-state index is 12.1. The molecule has 0 radical (unpaired) electrons. The van der Waals surface area contributed by atoms with Crippen molar-refractivity contribution in [3.05, 3.63) is 52.8 Å². The summed E-state index contributed by atoms with van der Waals surface area (Å²) in [4.78, 5) is 12.1. The Morgan fingerprint density at radius 3 is 2.83 bits per heavy atom. The minimum Gasteiger partial charge on any atom is -0.354 e. The number of amides is 1. The number of hydrogen-bond donors (Lipinski definition) is 2. The number of nitrogens with one attached hydrogen (secondary N) is 2. The Balaban J connectivity index is 1.65. The summed E-state index contributed by atoms with van der Waals surface area (Å²) in [6, 6.07) is 10.9. The first-order valence-electron chi connectivity index (χ1n) is 8.80. The molecule has 0 aliphatic heterocycles. The van der Waals surface area contributed by atoms with Gasteiger partial charge >= 0.3 is 0 Å². The fourth-order valence-corrected chi connectivity index (χ4v) is 3.49. The summed E-state index contributed by atoms with van der Waals surface area (Å²) < 4.78 is 1.99. The normalized spacial score (nSPS) is 16.7. The van der Waals surface area contributed by atoms with Crippen LogP contribution in [0.25, 0.3) is 0 Å². The number of carbonyl (C=O) groups is 1. The summed E-state index contributed by atoms with van der Waals surface area (Å²) >= 11 is 0. The lowest BCUT2D eigenvalue weighted by molar-refractivity contribution is 0.0956. The van der Waals surface area contributed by atoms with Crippen molar-refractivity contribution in [2.45, 2.75) is 45.2 Å². The molecule has 2 aromatic rings. The third-order valence-electron chi connectivity index (χ3n) is 4.78. The third kappa shape index (κ3) is 3.51. The Morgan fingerprint density at radius 2 is 2.12 bits per heavy atom. The average Bonchev–Trinajstić information content (AvgIpc) is 3.00. The van der Waals surface area contributed by atoms with Gasteiger partial charge in [-0.1, -0.05) is 30.3 Å². The highest BCUT2D eigenvalue weighted by Gasteiger charge is 2.28. The molecule has 0 saturated heterocycles. The van der Waals surface area contributed by atoms with Crippen LogP contribution in [0.15, 0.2) is 30.3 Å². The highest BCUT2D eigenvalue weighted by atomic mass is 16.1.